The van der Waals surface area contributed by atoms with Gasteiger partial charge in [-0.05, 0) is 50.1 Å². The number of carbonyl (C=O) groups is 1. The smallest absolute Gasteiger partial charge is 0.252 e. The molecule has 0 aliphatic carbocycles. The molecule has 4 rings (SSSR count). The number of thiazole rings is 1. The summed E-state index contributed by atoms with van der Waals surface area (Å²) in [6.07, 6.45) is 1.19. The van der Waals surface area contributed by atoms with Crippen molar-refractivity contribution in [3.63, 3.8) is 0 Å². The number of nitrogens with zero attached hydrogens (tertiary/aromatic N) is 3. The molecule has 2 heterocycles. The van der Waals surface area contributed by atoms with Gasteiger partial charge in [-0.1, -0.05) is 29.5 Å². The van der Waals surface area contributed by atoms with Gasteiger partial charge in [-0.3, -0.25) is 4.79 Å². The Labute approximate surface area is 178 Å². The number of carbonyl (C=O) groups excluding carboxylic acids is 1. The molecule has 1 aromatic heterocycles. The minimum atomic E-state index is -3.64. The highest BCUT2D eigenvalue weighted by atomic mass is 32.2. The second-order valence-electron chi connectivity index (χ2n) is 7.21. The predicted molar refractivity (Wildman–Crippen MR) is 114 cm³/mol. The van der Waals surface area contributed by atoms with Crippen molar-refractivity contribution < 1.29 is 17.6 Å². The average molecular weight is 448 g/mol. The van der Waals surface area contributed by atoms with Gasteiger partial charge in [0.05, 0.1) is 21.0 Å². The lowest BCUT2D eigenvalue weighted by Gasteiger charge is -2.30. The zero-order chi connectivity index (χ0) is 21.3. The van der Waals surface area contributed by atoms with Gasteiger partial charge in [0.15, 0.2) is 4.80 Å². The van der Waals surface area contributed by atoms with E-state index in [1.165, 1.54) is 27.8 Å². The van der Waals surface area contributed by atoms with Crippen LogP contribution in [-0.4, -0.2) is 36.3 Å². The van der Waals surface area contributed by atoms with E-state index in [0.29, 0.717) is 30.7 Å². The van der Waals surface area contributed by atoms with Crippen molar-refractivity contribution in [2.45, 2.75) is 31.2 Å². The maximum absolute atomic E-state index is 13.6. The van der Waals surface area contributed by atoms with Crippen LogP contribution in [0.5, 0.6) is 0 Å². The molecule has 6 nitrogen and oxygen atoms in total. The Morgan fingerprint density at radius 1 is 1.23 bits per heavy atom. The topological polar surface area (TPSA) is 71.7 Å². The largest absolute Gasteiger partial charge is 0.317 e. The van der Waals surface area contributed by atoms with Crippen molar-refractivity contribution in [2.75, 3.05) is 13.1 Å². The van der Waals surface area contributed by atoms with Crippen LogP contribution in [0.3, 0.4) is 0 Å². The van der Waals surface area contributed by atoms with E-state index in [2.05, 4.69) is 4.99 Å². The van der Waals surface area contributed by atoms with Crippen molar-refractivity contribution in [3.05, 3.63) is 59.1 Å². The van der Waals surface area contributed by atoms with Gasteiger partial charge >= 0.3 is 0 Å². The van der Waals surface area contributed by atoms with Gasteiger partial charge in [0.1, 0.15) is 5.82 Å². The van der Waals surface area contributed by atoms with E-state index in [1.807, 2.05) is 11.5 Å². The zero-order valence-electron chi connectivity index (χ0n) is 16.5. The minimum absolute atomic E-state index is 0.116. The number of piperidine rings is 1. The Balaban J connectivity index is 1.62. The fourth-order valence-electron chi connectivity index (χ4n) is 3.73. The van der Waals surface area contributed by atoms with Crippen LogP contribution in [0.4, 0.5) is 4.39 Å². The lowest BCUT2D eigenvalue weighted by atomic mass is 9.99. The summed E-state index contributed by atoms with van der Waals surface area (Å²) in [5.41, 5.74) is 0.826. The molecule has 0 saturated carbocycles. The molecule has 9 heteroatoms. The van der Waals surface area contributed by atoms with Crippen molar-refractivity contribution in [3.8, 4) is 0 Å². The van der Waals surface area contributed by atoms with E-state index in [0.717, 1.165) is 10.2 Å². The summed E-state index contributed by atoms with van der Waals surface area (Å²) in [5, 5.41) is 0. The van der Waals surface area contributed by atoms with E-state index < -0.39 is 15.9 Å². The van der Waals surface area contributed by atoms with E-state index in [4.69, 9.17) is 0 Å². The average Bonchev–Trinajstić information content (AvgIpc) is 3.10. The van der Waals surface area contributed by atoms with E-state index in [9.17, 15) is 17.6 Å². The fraction of sp³-hybridized carbons (Fsp3) is 0.333. The molecule has 158 valence electrons. The molecule has 0 spiro atoms. The third kappa shape index (κ3) is 3.97. The van der Waals surface area contributed by atoms with Crippen molar-refractivity contribution in [2.24, 2.45) is 10.9 Å². The Bertz CT molecular complexity index is 1250. The zero-order valence-corrected chi connectivity index (χ0v) is 18.1. The molecule has 0 radical (unpaired) electrons. The first-order valence-corrected chi connectivity index (χ1v) is 12.1. The number of sulfonamides is 1. The van der Waals surface area contributed by atoms with Crippen LogP contribution in [0.15, 0.2) is 58.4 Å². The number of rotatable bonds is 4. The highest BCUT2D eigenvalue weighted by Crippen LogP contribution is 2.25. The highest BCUT2D eigenvalue weighted by Gasteiger charge is 2.33. The van der Waals surface area contributed by atoms with Crippen LogP contribution in [-0.2, 0) is 21.4 Å². The van der Waals surface area contributed by atoms with Gasteiger partial charge in [-0.2, -0.15) is 9.30 Å². The first-order chi connectivity index (χ1) is 14.4. The molecule has 2 aromatic carbocycles. The van der Waals surface area contributed by atoms with Crippen LogP contribution < -0.4 is 4.80 Å². The fourth-order valence-corrected chi connectivity index (χ4v) is 6.40. The summed E-state index contributed by atoms with van der Waals surface area (Å²) in [7, 11) is -3.64. The molecule has 1 amide bonds. The Hall–Kier alpha value is -2.36. The van der Waals surface area contributed by atoms with Crippen LogP contribution >= 0.6 is 11.3 Å². The van der Waals surface area contributed by atoms with Gasteiger partial charge in [0.25, 0.3) is 5.91 Å². The second-order valence-corrected chi connectivity index (χ2v) is 10.2. The monoisotopic (exact) mass is 447 g/mol. The molecule has 1 fully saturated rings. The summed E-state index contributed by atoms with van der Waals surface area (Å²) in [6.45, 7) is 3.04. The molecule has 1 unspecified atom stereocenters. The van der Waals surface area contributed by atoms with Crippen LogP contribution in [0.25, 0.3) is 10.2 Å². The number of fused-ring (bicyclic) bond motifs is 1. The lowest BCUT2D eigenvalue weighted by molar-refractivity contribution is -0.122. The standard InChI is InChI=1S/C21H22FN3O3S2/c1-2-25-18-11-10-16(22)13-19(18)29-21(25)23-20(26)15-7-6-12-24(14-15)30(27,28)17-8-4-3-5-9-17/h3-5,8-11,13,15H,2,6-7,12,14H2,1H3. The summed E-state index contributed by atoms with van der Waals surface area (Å²) < 4.78 is 43.4. The first kappa shape index (κ1) is 20.9. The lowest BCUT2D eigenvalue weighted by Crippen LogP contribution is -2.42. The molecule has 0 N–H and O–H groups in total. The molecule has 1 aliphatic heterocycles. The van der Waals surface area contributed by atoms with Gasteiger partial charge in [-0.15, -0.1) is 0 Å². The predicted octanol–water partition coefficient (Wildman–Crippen LogP) is 3.39. The molecule has 0 bridgehead atoms. The number of aryl methyl sites for hydroxylation is 1. The normalized spacial score (nSPS) is 18.7. The SMILES string of the molecule is CCn1c(=NC(=O)C2CCCN(S(=O)(=O)c3ccccc3)C2)sc2cc(F)ccc21. The molecule has 30 heavy (non-hydrogen) atoms. The van der Waals surface area contributed by atoms with Crippen LogP contribution in [0.1, 0.15) is 19.8 Å². The molecular formula is C21H22FN3O3S2. The maximum atomic E-state index is 13.6. The molecule has 1 aliphatic rings. The third-order valence-electron chi connectivity index (χ3n) is 5.28. The van der Waals surface area contributed by atoms with Crippen molar-refractivity contribution in [1.29, 1.82) is 0 Å². The second kappa shape index (κ2) is 8.41. The van der Waals surface area contributed by atoms with Gasteiger partial charge in [-0.25, -0.2) is 12.8 Å². The van der Waals surface area contributed by atoms with E-state index >= 15 is 0 Å². The van der Waals surface area contributed by atoms with E-state index in [-0.39, 0.29) is 23.2 Å². The number of halogens is 1. The molecular weight excluding hydrogens is 425 g/mol. The van der Waals surface area contributed by atoms with Crippen molar-refractivity contribution >= 4 is 37.5 Å². The van der Waals surface area contributed by atoms with E-state index in [1.54, 1.807) is 36.4 Å². The summed E-state index contributed by atoms with van der Waals surface area (Å²) >= 11 is 1.26. The molecule has 1 atom stereocenters. The first-order valence-electron chi connectivity index (χ1n) is 9.83. The minimum Gasteiger partial charge on any atom is -0.317 e. The Kier molecular flexibility index (Phi) is 5.86. The molecule has 3 aromatic rings. The van der Waals surface area contributed by atoms with Gasteiger partial charge in [0.2, 0.25) is 10.0 Å². The maximum Gasteiger partial charge on any atom is 0.252 e. The number of amides is 1. The third-order valence-corrected chi connectivity index (χ3v) is 8.20. The number of hydrogen-bond donors (Lipinski definition) is 0. The van der Waals surface area contributed by atoms with Gasteiger partial charge < -0.3 is 4.57 Å². The summed E-state index contributed by atoms with van der Waals surface area (Å²) in [5.74, 6) is -1.17. The van der Waals surface area contributed by atoms with Crippen molar-refractivity contribution in [1.82, 2.24) is 8.87 Å². The number of benzene rings is 2. The Morgan fingerprint density at radius 3 is 2.73 bits per heavy atom. The Morgan fingerprint density at radius 2 is 2.00 bits per heavy atom. The van der Waals surface area contributed by atoms with Gasteiger partial charge in [0, 0.05) is 19.6 Å². The summed E-state index contributed by atoms with van der Waals surface area (Å²) in [4.78, 5) is 18.0. The summed E-state index contributed by atoms with van der Waals surface area (Å²) in [6, 6.07) is 12.8. The quantitative estimate of drug-likeness (QED) is 0.616. The number of hydrogen-bond acceptors (Lipinski definition) is 4. The molecule has 1 saturated heterocycles. The number of aromatic nitrogens is 1. The highest BCUT2D eigenvalue weighted by molar-refractivity contribution is 7.89. The van der Waals surface area contributed by atoms with Crippen LogP contribution in [0, 0.1) is 11.7 Å². The van der Waals surface area contributed by atoms with Crippen LogP contribution in [0.2, 0.25) is 0 Å².